The summed E-state index contributed by atoms with van der Waals surface area (Å²) in [6.45, 7) is 1.11. The molecule has 1 aliphatic heterocycles. The molecule has 10 heteroatoms. The number of hydrogen-bond acceptors (Lipinski definition) is 7. The molecular weight excluding hydrogens is 434 g/mol. The third kappa shape index (κ3) is 5.09. The van der Waals surface area contributed by atoms with E-state index < -0.39 is 20.5 Å². The van der Waals surface area contributed by atoms with Crippen molar-refractivity contribution >= 4 is 21.6 Å². The molecule has 9 nitrogen and oxygen atoms in total. The number of hydroxylamine groups is 1. The number of nitrogens with zero attached hydrogens (tertiary/aromatic N) is 1. The van der Waals surface area contributed by atoms with Gasteiger partial charge in [0.05, 0.1) is 11.5 Å². The lowest BCUT2D eigenvalue weighted by Crippen LogP contribution is -2.54. The Kier molecular flexibility index (Phi) is 7.84. The number of hydrogen-bond donors (Lipinski definition) is 3. The van der Waals surface area contributed by atoms with Crippen LogP contribution in [0.4, 0.5) is 0 Å². The van der Waals surface area contributed by atoms with Gasteiger partial charge in [-0.1, -0.05) is 30.3 Å². The van der Waals surface area contributed by atoms with Crippen molar-refractivity contribution in [1.82, 2.24) is 5.48 Å². The molecule has 0 bridgehead atoms. The van der Waals surface area contributed by atoms with Crippen molar-refractivity contribution in [3.63, 3.8) is 0 Å². The van der Waals surface area contributed by atoms with Crippen LogP contribution in [0.1, 0.15) is 24.8 Å². The number of sulfone groups is 1. The van der Waals surface area contributed by atoms with E-state index in [1.54, 1.807) is 12.1 Å². The molecule has 0 radical (unpaired) electrons. The van der Waals surface area contributed by atoms with Gasteiger partial charge in [0.25, 0.3) is 5.91 Å². The Morgan fingerprint density at radius 2 is 1.78 bits per heavy atom. The van der Waals surface area contributed by atoms with E-state index in [0.717, 1.165) is 5.56 Å². The van der Waals surface area contributed by atoms with Crippen LogP contribution in [0.5, 0.6) is 5.75 Å². The largest absolute Gasteiger partial charge is 0.494 e. The maximum absolute atomic E-state index is 13.2. The number of aliphatic imine (C=N–C) groups is 1. The fourth-order valence-corrected chi connectivity index (χ4v) is 5.46. The van der Waals surface area contributed by atoms with Gasteiger partial charge in [0.2, 0.25) is 0 Å². The van der Waals surface area contributed by atoms with E-state index in [1.165, 1.54) is 17.6 Å². The zero-order valence-electron chi connectivity index (χ0n) is 17.6. The fourth-order valence-electron chi connectivity index (χ4n) is 3.52. The van der Waals surface area contributed by atoms with E-state index in [4.69, 9.17) is 20.4 Å². The SMILES string of the molecule is NC(=NCCCOc1ccc(S(=O)(=O)C2(C(=O)NO)CCOCC2)cc1)c1ccccc1. The molecule has 0 spiro atoms. The van der Waals surface area contributed by atoms with E-state index in [1.807, 2.05) is 30.3 Å². The Bertz CT molecular complexity index is 1030. The molecular formula is C22H27N3O6S. The molecule has 2 aromatic rings. The van der Waals surface area contributed by atoms with E-state index >= 15 is 0 Å². The minimum atomic E-state index is -4.06. The molecule has 4 N–H and O–H groups in total. The highest BCUT2D eigenvalue weighted by molar-refractivity contribution is 7.93. The molecule has 1 saturated heterocycles. The smallest absolute Gasteiger partial charge is 0.265 e. The van der Waals surface area contributed by atoms with Gasteiger partial charge in [-0.2, -0.15) is 0 Å². The number of amides is 1. The molecule has 0 aliphatic carbocycles. The van der Waals surface area contributed by atoms with Gasteiger partial charge < -0.3 is 15.2 Å². The number of ether oxygens (including phenoxy) is 2. The van der Waals surface area contributed by atoms with Gasteiger partial charge in [-0.05, 0) is 37.1 Å². The molecule has 3 rings (SSSR count). The molecule has 172 valence electrons. The normalized spacial score (nSPS) is 16.3. The topological polar surface area (TPSA) is 140 Å². The highest BCUT2D eigenvalue weighted by Crippen LogP contribution is 2.35. The molecule has 32 heavy (non-hydrogen) atoms. The van der Waals surface area contributed by atoms with Gasteiger partial charge in [0, 0.05) is 31.7 Å². The molecule has 1 amide bonds. The lowest BCUT2D eigenvalue weighted by molar-refractivity contribution is -0.134. The zero-order valence-corrected chi connectivity index (χ0v) is 18.4. The minimum absolute atomic E-state index is 0.0180. The summed E-state index contributed by atoms with van der Waals surface area (Å²) in [7, 11) is -4.06. The summed E-state index contributed by atoms with van der Waals surface area (Å²) in [6, 6.07) is 15.4. The summed E-state index contributed by atoms with van der Waals surface area (Å²) < 4.78 is 35.5. The molecule has 0 saturated carbocycles. The third-order valence-corrected chi connectivity index (χ3v) is 7.90. The zero-order chi connectivity index (χ0) is 23.0. The second-order valence-electron chi connectivity index (χ2n) is 7.36. The highest BCUT2D eigenvalue weighted by Gasteiger charge is 2.52. The molecule has 0 aromatic heterocycles. The maximum atomic E-state index is 13.2. The average molecular weight is 462 g/mol. The van der Waals surface area contributed by atoms with Gasteiger partial charge in [-0.15, -0.1) is 0 Å². The van der Waals surface area contributed by atoms with Gasteiger partial charge >= 0.3 is 0 Å². The monoisotopic (exact) mass is 461 g/mol. The van der Waals surface area contributed by atoms with Crippen molar-refractivity contribution in [2.75, 3.05) is 26.4 Å². The minimum Gasteiger partial charge on any atom is -0.494 e. The van der Waals surface area contributed by atoms with Crippen LogP contribution in [0.15, 0.2) is 64.5 Å². The van der Waals surface area contributed by atoms with Gasteiger partial charge in [0.1, 0.15) is 11.6 Å². The Balaban J connectivity index is 1.59. The second kappa shape index (κ2) is 10.6. The maximum Gasteiger partial charge on any atom is 0.265 e. The lowest BCUT2D eigenvalue weighted by Gasteiger charge is -2.34. The second-order valence-corrected chi connectivity index (χ2v) is 9.62. The van der Waals surface area contributed by atoms with Crippen LogP contribution in [-0.2, 0) is 19.4 Å². The van der Waals surface area contributed by atoms with Crippen molar-refractivity contribution < 1.29 is 27.9 Å². The quantitative estimate of drug-likeness (QED) is 0.170. The first-order valence-electron chi connectivity index (χ1n) is 10.3. The van der Waals surface area contributed by atoms with Crippen molar-refractivity contribution in [2.45, 2.75) is 28.9 Å². The first-order valence-corrected chi connectivity index (χ1v) is 11.7. The Hall–Kier alpha value is -2.95. The highest BCUT2D eigenvalue weighted by atomic mass is 32.2. The summed E-state index contributed by atoms with van der Waals surface area (Å²) in [5.74, 6) is 0.0159. The Morgan fingerprint density at radius 1 is 1.12 bits per heavy atom. The van der Waals surface area contributed by atoms with Crippen LogP contribution < -0.4 is 16.0 Å². The molecule has 0 atom stereocenters. The number of amidine groups is 1. The van der Waals surface area contributed by atoms with Gasteiger partial charge in [-0.25, -0.2) is 13.9 Å². The molecule has 1 aliphatic rings. The van der Waals surface area contributed by atoms with Crippen molar-refractivity contribution in [1.29, 1.82) is 0 Å². The summed E-state index contributed by atoms with van der Waals surface area (Å²) in [5.41, 5.74) is 8.32. The number of rotatable bonds is 9. The number of benzene rings is 2. The third-order valence-electron chi connectivity index (χ3n) is 5.39. The number of carbonyl (C=O) groups is 1. The standard InChI is InChI=1S/C22H27N3O6S/c23-20(17-5-2-1-3-6-17)24-13-4-14-31-18-7-9-19(10-8-18)32(28,29)22(21(26)25-27)11-15-30-16-12-22/h1-3,5-10,27H,4,11-16H2,(H2,23,24)(H,25,26). The summed E-state index contributed by atoms with van der Waals surface area (Å²) in [6.07, 6.45) is 0.562. The van der Waals surface area contributed by atoms with Gasteiger partial charge in [0.15, 0.2) is 14.6 Å². The predicted octanol–water partition coefficient (Wildman–Crippen LogP) is 1.69. The number of nitrogens with one attached hydrogen (secondary N) is 1. The molecule has 0 unspecified atom stereocenters. The van der Waals surface area contributed by atoms with Crippen LogP contribution >= 0.6 is 0 Å². The predicted molar refractivity (Wildman–Crippen MR) is 118 cm³/mol. The fraction of sp³-hybridized carbons (Fsp3) is 0.364. The van der Waals surface area contributed by atoms with E-state index in [2.05, 4.69) is 4.99 Å². The first-order chi connectivity index (χ1) is 15.4. The Labute approximate surface area is 187 Å². The number of nitrogens with two attached hydrogens (primary N) is 1. The molecule has 2 aromatic carbocycles. The van der Waals surface area contributed by atoms with E-state index in [0.29, 0.717) is 31.2 Å². The van der Waals surface area contributed by atoms with Crippen LogP contribution in [0.3, 0.4) is 0 Å². The summed E-state index contributed by atoms with van der Waals surface area (Å²) >= 11 is 0. The van der Waals surface area contributed by atoms with E-state index in [-0.39, 0.29) is 31.0 Å². The summed E-state index contributed by atoms with van der Waals surface area (Å²) in [4.78, 5) is 16.6. The van der Waals surface area contributed by atoms with Crippen molar-refractivity contribution in [3.8, 4) is 5.75 Å². The van der Waals surface area contributed by atoms with Crippen LogP contribution in [0.25, 0.3) is 0 Å². The van der Waals surface area contributed by atoms with Crippen LogP contribution in [0.2, 0.25) is 0 Å². The summed E-state index contributed by atoms with van der Waals surface area (Å²) in [5, 5.41) is 9.10. The first kappa shape index (κ1) is 23.7. The van der Waals surface area contributed by atoms with Crippen molar-refractivity contribution in [3.05, 3.63) is 60.2 Å². The lowest BCUT2D eigenvalue weighted by atomic mass is 9.98. The molecule has 1 fully saturated rings. The van der Waals surface area contributed by atoms with Gasteiger partial charge in [-0.3, -0.25) is 15.0 Å². The van der Waals surface area contributed by atoms with Crippen molar-refractivity contribution in [2.24, 2.45) is 10.7 Å². The average Bonchev–Trinajstić information content (AvgIpc) is 2.84. The van der Waals surface area contributed by atoms with E-state index in [9.17, 15) is 13.2 Å². The molecule has 1 heterocycles. The van der Waals surface area contributed by atoms with Crippen LogP contribution in [0, 0.1) is 0 Å². The Morgan fingerprint density at radius 3 is 2.41 bits per heavy atom. The van der Waals surface area contributed by atoms with Crippen LogP contribution in [-0.4, -0.2) is 56.5 Å². The number of carbonyl (C=O) groups excluding carboxylic acids is 1.